The van der Waals surface area contributed by atoms with Crippen LogP contribution in [0, 0.1) is 11.3 Å². The van der Waals surface area contributed by atoms with E-state index in [4.69, 9.17) is 30.8 Å². The molecule has 2 aromatic carbocycles. The molecule has 28 heavy (non-hydrogen) atoms. The van der Waals surface area contributed by atoms with Gasteiger partial charge in [-0.2, -0.15) is 5.26 Å². The summed E-state index contributed by atoms with van der Waals surface area (Å²) < 4.78 is 16.4. The van der Waals surface area contributed by atoms with Crippen LogP contribution >= 0.6 is 11.6 Å². The number of rotatable bonds is 7. The molecular formula is C21H17ClN2O4. The number of nitriles is 1. The Hall–Kier alpha value is -3.43. The minimum atomic E-state index is -0.309. The molecule has 0 atom stereocenters. The average Bonchev–Trinajstić information content (AvgIpc) is 3.20. The third kappa shape index (κ3) is 4.84. The van der Waals surface area contributed by atoms with Gasteiger partial charge in [0.1, 0.15) is 11.5 Å². The topological polar surface area (TPSA) is 84.5 Å². The van der Waals surface area contributed by atoms with Crippen LogP contribution in [0.2, 0.25) is 5.02 Å². The van der Waals surface area contributed by atoms with Gasteiger partial charge in [-0.1, -0.05) is 11.6 Å². The fourth-order valence-corrected chi connectivity index (χ4v) is 2.60. The minimum absolute atomic E-state index is 0.187. The van der Waals surface area contributed by atoms with E-state index in [0.29, 0.717) is 33.6 Å². The van der Waals surface area contributed by atoms with Crippen molar-refractivity contribution in [3.8, 4) is 28.9 Å². The molecule has 1 heterocycles. The summed E-state index contributed by atoms with van der Waals surface area (Å²) in [5.41, 5.74) is 1.35. The number of furan rings is 1. The molecule has 0 saturated heterocycles. The molecule has 0 radical (unpaired) electrons. The molecule has 1 N–H and O–H groups in total. The van der Waals surface area contributed by atoms with Crippen LogP contribution in [0.3, 0.4) is 0 Å². The van der Waals surface area contributed by atoms with Gasteiger partial charge in [-0.05, 0) is 48.5 Å². The van der Waals surface area contributed by atoms with Gasteiger partial charge in [0.15, 0.2) is 18.1 Å². The largest absolute Gasteiger partial charge is 0.493 e. The summed E-state index contributed by atoms with van der Waals surface area (Å²) >= 11 is 5.89. The van der Waals surface area contributed by atoms with Crippen molar-refractivity contribution in [2.75, 3.05) is 13.7 Å². The van der Waals surface area contributed by atoms with E-state index in [1.165, 1.54) is 7.11 Å². The Morgan fingerprint density at radius 1 is 1.14 bits per heavy atom. The lowest BCUT2D eigenvalue weighted by Crippen LogP contribution is -2.28. The Morgan fingerprint density at radius 3 is 2.64 bits per heavy atom. The fourth-order valence-electron chi connectivity index (χ4n) is 2.48. The van der Waals surface area contributed by atoms with E-state index in [1.807, 2.05) is 24.3 Å². The molecule has 0 spiro atoms. The molecule has 3 aromatic rings. The van der Waals surface area contributed by atoms with Gasteiger partial charge in [0, 0.05) is 16.7 Å². The van der Waals surface area contributed by atoms with Crippen molar-refractivity contribution in [2.45, 2.75) is 6.54 Å². The average molecular weight is 397 g/mol. The highest BCUT2D eigenvalue weighted by atomic mass is 35.5. The van der Waals surface area contributed by atoms with Crippen molar-refractivity contribution in [2.24, 2.45) is 0 Å². The predicted octanol–water partition coefficient (Wildman–Crippen LogP) is 4.18. The van der Waals surface area contributed by atoms with E-state index >= 15 is 0 Å². The summed E-state index contributed by atoms with van der Waals surface area (Å²) in [5.74, 6) is 1.79. The molecule has 142 valence electrons. The van der Waals surface area contributed by atoms with Gasteiger partial charge < -0.3 is 19.2 Å². The summed E-state index contributed by atoms with van der Waals surface area (Å²) in [4.78, 5) is 12.0. The first-order chi connectivity index (χ1) is 13.6. The lowest BCUT2D eigenvalue weighted by molar-refractivity contribution is -0.123. The molecule has 3 rings (SSSR count). The monoisotopic (exact) mass is 396 g/mol. The Bertz CT molecular complexity index is 1010. The normalized spacial score (nSPS) is 10.2. The van der Waals surface area contributed by atoms with E-state index in [1.54, 1.807) is 36.4 Å². The van der Waals surface area contributed by atoms with E-state index < -0.39 is 0 Å². The second kappa shape index (κ2) is 8.98. The lowest BCUT2D eigenvalue weighted by atomic mass is 10.2. The Morgan fingerprint density at radius 2 is 1.93 bits per heavy atom. The molecule has 1 aromatic heterocycles. The van der Waals surface area contributed by atoms with Crippen LogP contribution in [-0.2, 0) is 11.3 Å². The number of ether oxygens (including phenoxy) is 2. The number of benzene rings is 2. The number of nitrogens with one attached hydrogen (secondary N) is 1. The predicted molar refractivity (Wildman–Crippen MR) is 104 cm³/mol. The molecule has 0 fully saturated rings. The van der Waals surface area contributed by atoms with Crippen LogP contribution in [0.5, 0.6) is 11.5 Å². The second-order valence-corrected chi connectivity index (χ2v) is 6.25. The van der Waals surface area contributed by atoms with Crippen molar-refractivity contribution < 1.29 is 18.7 Å². The maximum Gasteiger partial charge on any atom is 0.258 e. The quantitative estimate of drug-likeness (QED) is 0.647. The SMILES string of the molecule is COc1cc(C#N)ccc1OCC(=O)NCc1ccc(-c2ccc(Cl)cc2)o1. The molecule has 7 heteroatoms. The summed E-state index contributed by atoms with van der Waals surface area (Å²) in [6.07, 6.45) is 0. The zero-order chi connectivity index (χ0) is 19.9. The van der Waals surface area contributed by atoms with E-state index in [2.05, 4.69) is 5.32 Å². The van der Waals surface area contributed by atoms with Gasteiger partial charge in [-0.15, -0.1) is 0 Å². The summed E-state index contributed by atoms with van der Waals surface area (Å²) in [5, 5.41) is 12.3. The van der Waals surface area contributed by atoms with E-state index in [-0.39, 0.29) is 19.1 Å². The summed E-state index contributed by atoms with van der Waals surface area (Å²) in [6.45, 7) is 0.0489. The Balaban J connectivity index is 1.52. The molecule has 0 aliphatic carbocycles. The van der Waals surface area contributed by atoms with Gasteiger partial charge in [0.25, 0.3) is 5.91 Å². The first-order valence-electron chi connectivity index (χ1n) is 8.41. The number of carbonyl (C=O) groups is 1. The number of hydrogen-bond acceptors (Lipinski definition) is 5. The van der Waals surface area contributed by atoms with Crippen molar-refractivity contribution in [1.82, 2.24) is 5.32 Å². The fraction of sp³-hybridized carbons (Fsp3) is 0.143. The molecule has 1 amide bonds. The summed E-state index contributed by atoms with van der Waals surface area (Å²) in [7, 11) is 1.47. The van der Waals surface area contributed by atoms with Crippen LogP contribution < -0.4 is 14.8 Å². The van der Waals surface area contributed by atoms with Gasteiger partial charge in [-0.25, -0.2) is 0 Å². The molecule has 0 aliphatic rings. The smallest absolute Gasteiger partial charge is 0.258 e. The number of carbonyl (C=O) groups excluding carboxylic acids is 1. The minimum Gasteiger partial charge on any atom is -0.493 e. The highest BCUT2D eigenvalue weighted by Crippen LogP contribution is 2.27. The van der Waals surface area contributed by atoms with Crippen molar-refractivity contribution in [1.29, 1.82) is 5.26 Å². The maximum atomic E-state index is 12.0. The Labute approximate surface area is 167 Å². The van der Waals surface area contributed by atoms with Crippen molar-refractivity contribution >= 4 is 17.5 Å². The maximum absolute atomic E-state index is 12.0. The zero-order valence-corrected chi connectivity index (χ0v) is 15.8. The number of hydrogen-bond donors (Lipinski definition) is 1. The lowest BCUT2D eigenvalue weighted by Gasteiger charge is -2.10. The molecule has 0 saturated carbocycles. The number of amides is 1. The van der Waals surface area contributed by atoms with Crippen LogP contribution in [0.15, 0.2) is 59.0 Å². The summed E-state index contributed by atoms with van der Waals surface area (Å²) in [6, 6.07) is 17.7. The first kappa shape index (κ1) is 19.3. The number of halogens is 1. The second-order valence-electron chi connectivity index (χ2n) is 5.82. The number of methoxy groups -OCH3 is 1. The standard InChI is InChI=1S/C21H17ClN2O4/c1-26-20-10-14(11-23)2-8-19(20)27-13-21(25)24-12-17-7-9-18(28-17)15-3-5-16(22)6-4-15/h2-10H,12-13H2,1H3,(H,24,25). The van der Waals surface area contributed by atoms with Gasteiger partial charge >= 0.3 is 0 Å². The Kier molecular flexibility index (Phi) is 6.20. The zero-order valence-electron chi connectivity index (χ0n) is 15.1. The third-order valence-electron chi connectivity index (χ3n) is 3.90. The van der Waals surface area contributed by atoms with Gasteiger partial charge in [0.2, 0.25) is 0 Å². The van der Waals surface area contributed by atoms with Crippen LogP contribution in [0.25, 0.3) is 11.3 Å². The first-order valence-corrected chi connectivity index (χ1v) is 8.79. The van der Waals surface area contributed by atoms with Crippen LogP contribution in [-0.4, -0.2) is 19.6 Å². The highest BCUT2D eigenvalue weighted by Gasteiger charge is 2.10. The number of nitrogens with zero attached hydrogens (tertiary/aromatic N) is 1. The molecule has 0 aliphatic heterocycles. The third-order valence-corrected chi connectivity index (χ3v) is 4.15. The molecule has 0 unspecified atom stereocenters. The highest BCUT2D eigenvalue weighted by molar-refractivity contribution is 6.30. The van der Waals surface area contributed by atoms with Crippen LogP contribution in [0.1, 0.15) is 11.3 Å². The van der Waals surface area contributed by atoms with Gasteiger partial charge in [0.05, 0.1) is 25.3 Å². The van der Waals surface area contributed by atoms with Crippen molar-refractivity contribution in [3.05, 3.63) is 70.9 Å². The molecular weight excluding hydrogens is 380 g/mol. The molecule has 6 nitrogen and oxygen atoms in total. The van der Waals surface area contributed by atoms with E-state index in [9.17, 15) is 4.79 Å². The van der Waals surface area contributed by atoms with E-state index in [0.717, 1.165) is 5.56 Å². The van der Waals surface area contributed by atoms with Crippen LogP contribution in [0.4, 0.5) is 0 Å². The van der Waals surface area contributed by atoms with Crippen molar-refractivity contribution in [3.63, 3.8) is 0 Å². The van der Waals surface area contributed by atoms with Gasteiger partial charge in [-0.3, -0.25) is 4.79 Å². The molecule has 0 bridgehead atoms.